The monoisotopic (exact) mass is 408 g/mol. The summed E-state index contributed by atoms with van der Waals surface area (Å²) in [5.41, 5.74) is 2.04. The first-order valence-corrected chi connectivity index (χ1v) is 9.66. The lowest BCUT2D eigenvalue weighted by Gasteiger charge is -2.10. The van der Waals surface area contributed by atoms with Gasteiger partial charge >= 0.3 is 0 Å². The Hall–Kier alpha value is -1.32. The Labute approximate surface area is 152 Å². The standard InChI is InChI=1S/C14H11Cl2FN2O3S2/c15-9-4-3-7-12(14(9)16)24(21,22)19-18-13(20)8-23-11-6-2-1-5-10(11)17/h1-7,19H,8H2,(H,18,20). The van der Waals surface area contributed by atoms with Gasteiger partial charge in [-0.1, -0.05) is 41.4 Å². The van der Waals surface area contributed by atoms with E-state index < -0.39 is 21.7 Å². The lowest BCUT2D eigenvalue weighted by atomic mass is 10.3. The summed E-state index contributed by atoms with van der Waals surface area (Å²) >= 11 is 12.5. The SMILES string of the molecule is O=C(CSc1ccccc1F)NNS(=O)(=O)c1cccc(Cl)c1Cl. The number of sulfonamides is 1. The molecule has 0 spiro atoms. The van der Waals surface area contributed by atoms with E-state index >= 15 is 0 Å². The molecular weight excluding hydrogens is 398 g/mol. The van der Waals surface area contributed by atoms with E-state index in [9.17, 15) is 17.6 Å². The first-order valence-electron chi connectivity index (χ1n) is 6.43. The van der Waals surface area contributed by atoms with Gasteiger partial charge in [-0.3, -0.25) is 10.2 Å². The highest BCUT2D eigenvalue weighted by Crippen LogP contribution is 2.28. The van der Waals surface area contributed by atoms with Crippen LogP contribution in [0.15, 0.2) is 52.3 Å². The van der Waals surface area contributed by atoms with Gasteiger partial charge in [-0.25, -0.2) is 12.8 Å². The average molecular weight is 409 g/mol. The molecule has 0 saturated heterocycles. The van der Waals surface area contributed by atoms with E-state index in [1.165, 1.54) is 36.4 Å². The van der Waals surface area contributed by atoms with Crippen LogP contribution in [0, 0.1) is 5.82 Å². The van der Waals surface area contributed by atoms with Gasteiger partial charge in [0.1, 0.15) is 10.7 Å². The second-order valence-corrected chi connectivity index (χ2v) is 7.88. The van der Waals surface area contributed by atoms with Gasteiger partial charge in [0.2, 0.25) is 5.91 Å². The van der Waals surface area contributed by atoms with Crippen molar-refractivity contribution >= 4 is 50.9 Å². The zero-order valence-corrected chi connectivity index (χ0v) is 15.1. The molecule has 5 nitrogen and oxygen atoms in total. The molecule has 128 valence electrons. The summed E-state index contributed by atoms with van der Waals surface area (Å²) in [7, 11) is -4.08. The molecule has 2 N–H and O–H groups in total. The molecule has 0 aromatic heterocycles. The van der Waals surface area contributed by atoms with Crippen LogP contribution in [0.4, 0.5) is 4.39 Å². The average Bonchev–Trinajstić information content (AvgIpc) is 2.54. The van der Waals surface area contributed by atoms with Gasteiger partial charge in [-0.15, -0.1) is 16.6 Å². The molecule has 0 saturated carbocycles. The molecular formula is C14H11Cl2FN2O3S2. The molecule has 0 fully saturated rings. The number of nitrogens with one attached hydrogen (secondary N) is 2. The molecule has 24 heavy (non-hydrogen) atoms. The van der Waals surface area contributed by atoms with Crippen molar-refractivity contribution in [2.24, 2.45) is 0 Å². The van der Waals surface area contributed by atoms with Gasteiger partial charge in [0.25, 0.3) is 10.0 Å². The summed E-state index contributed by atoms with van der Waals surface area (Å²) in [6.07, 6.45) is 0. The minimum atomic E-state index is -4.08. The van der Waals surface area contributed by atoms with E-state index in [1.54, 1.807) is 6.07 Å². The molecule has 1 amide bonds. The molecule has 10 heteroatoms. The van der Waals surface area contributed by atoms with Gasteiger partial charge in [0, 0.05) is 4.90 Å². The molecule has 0 unspecified atom stereocenters. The lowest BCUT2D eigenvalue weighted by Crippen LogP contribution is -2.42. The Balaban J connectivity index is 1.96. The van der Waals surface area contributed by atoms with Crippen LogP contribution in [0.25, 0.3) is 0 Å². The molecule has 2 aromatic carbocycles. The maximum atomic E-state index is 13.4. The van der Waals surface area contributed by atoms with Crippen molar-refractivity contribution in [2.75, 3.05) is 5.75 Å². The number of hydrogen-bond acceptors (Lipinski definition) is 4. The van der Waals surface area contributed by atoms with Gasteiger partial charge in [0.15, 0.2) is 0 Å². The van der Waals surface area contributed by atoms with E-state index in [2.05, 4.69) is 0 Å². The van der Waals surface area contributed by atoms with Crippen molar-refractivity contribution < 1.29 is 17.6 Å². The minimum Gasteiger partial charge on any atom is -0.277 e. The molecule has 0 aliphatic carbocycles. The summed E-state index contributed by atoms with van der Waals surface area (Å²) in [6.45, 7) is 0. The van der Waals surface area contributed by atoms with E-state index in [0.717, 1.165) is 11.8 Å². The first-order chi connectivity index (χ1) is 11.3. The first kappa shape index (κ1) is 19.0. The van der Waals surface area contributed by atoms with Crippen LogP contribution in [0.5, 0.6) is 0 Å². The third kappa shape index (κ3) is 4.84. The number of thioether (sulfide) groups is 1. The number of amides is 1. The molecule has 2 rings (SSSR count). The van der Waals surface area contributed by atoms with Crippen LogP contribution in [0.1, 0.15) is 0 Å². The molecule has 0 bridgehead atoms. The van der Waals surface area contributed by atoms with Gasteiger partial charge in [0.05, 0.1) is 15.8 Å². The second-order valence-electron chi connectivity index (χ2n) is 4.42. The zero-order chi connectivity index (χ0) is 17.7. The summed E-state index contributed by atoms with van der Waals surface area (Å²) in [5, 5.41) is -0.0809. The second kappa shape index (κ2) is 8.17. The minimum absolute atomic E-state index is 0.0703. The van der Waals surface area contributed by atoms with Crippen LogP contribution in [-0.2, 0) is 14.8 Å². The highest BCUT2D eigenvalue weighted by atomic mass is 35.5. The Morgan fingerprint density at radius 2 is 1.83 bits per heavy atom. The fourth-order valence-corrected chi connectivity index (χ4v) is 3.97. The van der Waals surface area contributed by atoms with E-state index in [1.807, 2.05) is 10.3 Å². The van der Waals surface area contributed by atoms with Crippen LogP contribution >= 0.6 is 35.0 Å². The number of hydrazine groups is 1. The van der Waals surface area contributed by atoms with Gasteiger partial charge in [-0.05, 0) is 24.3 Å². The van der Waals surface area contributed by atoms with Crippen molar-refractivity contribution in [1.82, 2.24) is 10.3 Å². The van der Waals surface area contributed by atoms with E-state index in [0.29, 0.717) is 0 Å². The quantitative estimate of drug-likeness (QED) is 0.568. The third-order valence-electron chi connectivity index (χ3n) is 2.73. The molecule has 0 radical (unpaired) electrons. The van der Waals surface area contributed by atoms with Crippen LogP contribution < -0.4 is 10.3 Å². The third-order valence-corrected chi connectivity index (χ3v) is 6.00. The summed E-state index contributed by atoms with van der Waals surface area (Å²) in [4.78, 5) is 13.7. The summed E-state index contributed by atoms with van der Waals surface area (Å²) in [5.74, 6) is -1.28. The van der Waals surface area contributed by atoms with Crippen molar-refractivity contribution in [2.45, 2.75) is 9.79 Å². The number of carbonyl (C=O) groups excluding carboxylic acids is 1. The fourth-order valence-electron chi connectivity index (χ4n) is 1.61. The predicted molar refractivity (Wildman–Crippen MR) is 92.1 cm³/mol. The lowest BCUT2D eigenvalue weighted by molar-refractivity contribution is -0.119. The van der Waals surface area contributed by atoms with Crippen LogP contribution in [-0.4, -0.2) is 20.1 Å². The van der Waals surface area contributed by atoms with Crippen LogP contribution in [0.3, 0.4) is 0 Å². The number of carbonyl (C=O) groups is 1. The fraction of sp³-hybridized carbons (Fsp3) is 0.0714. The molecule has 0 aliphatic heterocycles. The zero-order valence-electron chi connectivity index (χ0n) is 11.9. The molecule has 0 atom stereocenters. The Morgan fingerprint density at radius 1 is 1.12 bits per heavy atom. The largest absolute Gasteiger partial charge is 0.277 e. The number of halogens is 3. The predicted octanol–water partition coefficient (Wildman–Crippen LogP) is 3.23. The van der Waals surface area contributed by atoms with Crippen molar-refractivity contribution in [1.29, 1.82) is 0 Å². The maximum Gasteiger partial charge on any atom is 0.258 e. The number of hydrogen-bond donors (Lipinski definition) is 2. The Morgan fingerprint density at radius 3 is 2.54 bits per heavy atom. The topological polar surface area (TPSA) is 75.3 Å². The molecule has 2 aromatic rings. The van der Waals surface area contributed by atoms with Gasteiger partial charge in [-0.2, -0.15) is 0 Å². The van der Waals surface area contributed by atoms with E-state index in [-0.39, 0.29) is 25.6 Å². The van der Waals surface area contributed by atoms with Gasteiger partial charge < -0.3 is 0 Å². The Bertz CT molecular complexity index is 863. The summed E-state index contributed by atoms with van der Waals surface area (Å²) < 4.78 is 37.6. The van der Waals surface area contributed by atoms with Crippen LogP contribution in [0.2, 0.25) is 10.0 Å². The number of rotatable bonds is 6. The van der Waals surface area contributed by atoms with Crippen molar-refractivity contribution in [3.63, 3.8) is 0 Å². The van der Waals surface area contributed by atoms with Crippen molar-refractivity contribution in [3.05, 3.63) is 58.3 Å². The number of benzene rings is 2. The van der Waals surface area contributed by atoms with E-state index in [4.69, 9.17) is 23.2 Å². The smallest absolute Gasteiger partial charge is 0.258 e. The maximum absolute atomic E-state index is 13.4. The highest BCUT2D eigenvalue weighted by molar-refractivity contribution is 8.00. The van der Waals surface area contributed by atoms with Crippen molar-refractivity contribution in [3.8, 4) is 0 Å². The summed E-state index contributed by atoms with van der Waals surface area (Å²) in [6, 6.07) is 10.0. The Kier molecular flexibility index (Phi) is 6.47. The molecule has 0 heterocycles. The molecule has 0 aliphatic rings. The highest BCUT2D eigenvalue weighted by Gasteiger charge is 2.20. The normalized spacial score (nSPS) is 11.3.